The largest absolute Gasteiger partial charge is 0.417 e. The highest BCUT2D eigenvalue weighted by atomic mass is 32.1. The van der Waals surface area contributed by atoms with Gasteiger partial charge in [0, 0.05) is 6.20 Å². The molecule has 0 saturated carbocycles. The van der Waals surface area contributed by atoms with E-state index in [0.29, 0.717) is 5.69 Å². The first-order chi connectivity index (χ1) is 10.0. The molecular weight excluding hydrogens is 297 g/mol. The van der Waals surface area contributed by atoms with Gasteiger partial charge in [-0.05, 0) is 53.9 Å². The van der Waals surface area contributed by atoms with E-state index < -0.39 is 11.7 Å². The van der Waals surface area contributed by atoms with E-state index in [4.69, 9.17) is 0 Å². The van der Waals surface area contributed by atoms with Crippen molar-refractivity contribution in [1.82, 2.24) is 10.3 Å². The van der Waals surface area contributed by atoms with Gasteiger partial charge in [-0.15, -0.1) is 0 Å². The van der Waals surface area contributed by atoms with Gasteiger partial charge in [0.25, 0.3) is 0 Å². The lowest BCUT2D eigenvalue weighted by Gasteiger charge is -2.18. The van der Waals surface area contributed by atoms with Crippen LogP contribution in [0.5, 0.6) is 0 Å². The number of thiophene rings is 1. The van der Waals surface area contributed by atoms with Crippen molar-refractivity contribution in [1.29, 1.82) is 0 Å². The molecule has 0 aromatic carbocycles. The molecule has 6 heteroatoms. The molecule has 0 saturated heterocycles. The summed E-state index contributed by atoms with van der Waals surface area (Å²) in [5, 5.41) is 7.38. The Labute approximate surface area is 126 Å². The van der Waals surface area contributed by atoms with E-state index in [-0.39, 0.29) is 6.04 Å². The lowest BCUT2D eigenvalue weighted by Crippen LogP contribution is -2.25. The molecule has 21 heavy (non-hydrogen) atoms. The minimum absolute atomic E-state index is 0.0677. The zero-order chi connectivity index (χ0) is 15.3. The summed E-state index contributed by atoms with van der Waals surface area (Å²) >= 11 is 1.61. The number of alkyl halides is 3. The van der Waals surface area contributed by atoms with Crippen LogP contribution in [-0.4, -0.2) is 11.5 Å². The van der Waals surface area contributed by atoms with Crippen LogP contribution < -0.4 is 5.32 Å². The van der Waals surface area contributed by atoms with E-state index in [0.717, 1.165) is 37.2 Å². The molecule has 2 aromatic rings. The number of halogens is 3. The molecule has 2 nitrogen and oxygen atoms in total. The molecule has 0 aliphatic rings. The molecule has 0 amide bonds. The summed E-state index contributed by atoms with van der Waals surface area (Å²) < 4.78 is 37.7. The third kappa shape index (κ3) is 4.54. The lowest BCUT2D eigenvalue weighted by molar-refractivity contribution is -0.137. The molecule has 2 aromatic heterocycles. The second kappa shape index (κ2) is 7.04. The van der Waals surface area contributed by atoms with Crippen molar-refractivity contribution < 1.29 is 13.2 Å². The molecule has 0 aliphatic carbocycles. The topological polar surface area (TPSA) is 24.9 Å². The number of nitrogens with zero attached hydrogens (tertiary/aromatic N) is 1. The summed E-state index contributed by atoms with van der Waals surface area (Å²) in [6, 6.07) is 4.51. The fourth-order valence-electron chi connectivity index (χ4n) is 2.02. The Morgan fingerprint density at radius 1 is 1.29 bits per heavy atom. The van der Waals surface area contributed by atoms with Gasteiger partial charge < -0.3 is 5.32 Å². The zero-order valence-corrected chi connectivity index (χ0v) is 12.5. The van der Waals surface area contributed by atoms with Crippen molar-refractivity contribution in [2.75, 3.05) is 6.54 Å². The highest BCUT2D eigenvalue weighted by Gasteiger charge is 2.31. The Balaban J connectivity index is 2.15. The Morgan fingerprint density at radius 2 is 2.10 bits per heavy atom. The number of rotatable bonds is 6. The van der Waals surface area contributed by atoms with Crippen molar-refractivity contribution in [3.05, 3.63) is 52.0 Å². The van der Waals surface area contributed by atoms with Gasteiger partial charge in [0.05, 0.1) is 17.3 Å². The minimum atomic E-state index is -4.34. The summed E-state index contributed by atoms with van der Waals surface area (Å²) in [6.07, 6.45) is -1.75. The molecule has 1 unspecified atom stereocenters. The standard InChI is InChI=1S/C15H17F3N2S/c1-2-6-19-14(8-11-5-7-21-10-11)13-4-3-12(9-20-13)15(16,17)18/h3-5,7,9-10,14,19H,2,6,8H2,1H3. The molecule has 1 N–H and O–H groups in total. The first-order valence-electron chi connectivity index (χ1n) is 6.78. The summed E-state index contributed by atoms with van der Waals surface area (Å²) in [5.41, 5.74) is 1.09. The maximum Gasteiger partial charge on any atom is 0.417 e. The molecule has 0 fully saturated rings. The van der Waals surface area contributed by atoms with Gasteiger partial charge in [-0.3, -0.25) is 4.98 Å². The molecule has 2 heterocycles. The van der Waals surface area contributed by atoms with Crippen LogP contribution in [0.1, 0.15) is 36.2 Å². The average molecular weight is 314 g/mol. The predicted molar refractivity (Wildman–Crippen MR) is 78.3 cm³/mol. The summed E-state index contributed by atoms with van der Waals surface area (Å²) in [5.74, 6) is 0. The zero-order valence-electron chi connectivity index (χ0n) is 11.7. The maximum atomic E-state index is 12.6. The van der Waals surface area contributed by atoms with Crippen LogP contribution in [0.3, 0.4) is 0 Å². The predicted octanol–water partition coefficient (Wildman–Crippen LogP) is 4.45. The highest BCUT2D eigenvalue weighted by Crippen LogP contribution is 2.29. The minimum Gasteiger partial charge on any atom is -0.308 e. The second-order valence-corrected chi connectivity index (χ2v) is 5.59. The molecule has 0 radical (unpaired) electrons. The van der Waals surface area contributed by atoms with Gasteiger partial charge in [-0.25, -0.2) is 0 Å². The van der Waals surface area contributed by atoms with Crippen LogP contribution in [0.2, 0.25) is 0 Å². The Kier molecular flexibility index (Phi) is 5.36. The molecule has 1 atom stereocenters. The van der Waals surface area contributed by atoms with Gasteiger partial charge in [0.15, 0.2) is 0 Å². The van der Waals surface area contributed by atoms with E-state index in [1.807, 2.05) is 16.8 Å². The molecule has 0 aliphatic heterocycles. The number of aromatic nitrogens is 1. The fourth-order valence-corrected chi connectivity index (χ4v) is 2.71. The van der Waals surface area contributed by atoms with Crippen molar-refractivity contribution in [2.24, 2.45) is 0 Å². The first kappa shape index (κ1) is 16.0. The van der Waals surface area contributed by atoms with Crippen LogP contribution in [0, 0.1) is 0 Å². The maximum absolute atomic E-state index is 12.6. The van der Waals surface area contributed by atoms with Crippen molar-refractivity contribution in [3.8, 4) is 0 Å². The average Bonchev–Trinajstić information content (AvgIpc) is 2.95. The van der Waals surface area contributed by atoms with Gasteiger partial charge in [0.2, 0.25) is 0 Å². The highest BCUT2D eigenvalue weighted by molar-refractivity contribution is 7.07. The Bertz CT molecular complexity index is 535. The third-order valence-corrected chi connectivity index (χ3v) is 3.86. The van der Waals surface area contributed by atoms with Crippen molar-refractivity contribution >= 4 is 11.3 Å². The van der Waals surface area contributed by atoms with E-state index in [1.165, 1.54) is 6.07 Å². The van der Waals surface area contributed by atoms with Crippen molar-refractivity contribution in [2.45, 2.75) is 32.0 Å². The summed E-state index contributed by atoms with van der Waals surface area (Å²) in [7, 11) is 0. The lowest BCUT2D eigenvalue weighted by atomic mass is 10.0. The van der Waals surface area contributed by atoms with Crippen LogP contribution in [-0.2, 0) is 12.6 Å². The van der Waals surface area contributed by atoms with E-state index in [9.17, 15) is 13.2 Å². The number of hydrogen-bond acceptors (Lipinski definition) is 3. The summed E-state index contributed by atoms with van der Waals surface area (Å²) in [6.45, 7) is 2.85. The molecule has 0 bridgehead atoms. The normalized spacial score (nSPS) is 13.3. The molecule has 114 valence electrons. The van der Waals surface area contributed by atoms with E-state index in [1.54, 1.807) is 11.3 Å². The van der Waals surface area contributed by atoms with Gasteiger partial charge in [0.1, 0.15) is 0 Å². The van der Waals surface area contributed by atoms with Crippen LogP contribution >= 0.6 is 11.3 Å². The Morgan fingerprint density at radius 3 is 2.62 bits per heavy atom. The molecule has 0 spiro atoms. The number of pyridine rings is 1. The molecular formula is C15H17F3N2S. The van der Waals surface area contributed by atoms with Crippen molar-refractivity contribution in [3.63, 3.8) is 0 Å². The second-order valence-electron chi connectivity index (χ2n) is 4.81. The van der Waals surface area contributed by atoms with E-state index in [2.05, 4.69) is 17.2 Å². The molecule has 2 rings (SSSR count). The smallest absolute Gasteiger partial charge is 0.308 e. The van der Waals surface area contributed by atoms with Crippen LogP contribution in [0.15, 0.2) is 35.2 Å². The van der Waals surface area contributed by atoms with Crippen LogP contribution in [0.4, 0.5) is 13.2 Å². The Hall–Kier alpha value is -1.40. The quantitative estimate of drug-likeness (QED) is 0.852. The number of nitrogens with one attached hydrogen (secondary N) is 1. The van der Waals surface area contributed by atoms with Crippen LogP contribution in [0.25, 0.3) is 0 Å². The van der Waals surface area contributed by atoms with E-state index >= 15 is 0 Å². The SMILES string of the molecule is CCCNC(Cc1ccsc1)c1ccc(C(F)(F)F)cn1. The third-order valence-electron chi connectivity index (χ3n) is 3.13. The number of hydrogen-bond donors (Lipinski definition) is 1. The first-order valence-corrected chi connectivity index (χ1v) is 7.72. The van der Waals surface area contributed by atoms with Gasteiger partial charge in [-0.1, -0.05) is 6.92 Å². The monoisotopic (exact) mass is 314 g/mol. The summed E-state index contributed by atoms with van der Waals surface area (Å²) in [4.78, 5) is 4.00. The fraction of sp³-hybridized carbons (Fsp3) is 0.400. The van der Waals surface area contributed by atoms with Gasteiger partial charge in [-0.2, -0.15) is 24.5 Å². The van der Waals surface area contributed by atoms with Gasteiger partial charge >= 0.3 is 6.18 Å².